The van der Waals surface area contributed by atoms with Crippen molar-refractivity contribution >= 4 is 0 Å². The zero-order chi connectivity index (χ0) is 11.8. The summed E-state index contributed by atoms with van der Waals surface area (Å²) in [7, 11) is 0. The number of nitrogens with one attached hydrogen (secondary N) is 1. The minimum absolute atomic E-state index is 0.469. The molecular formula is C16H21N. The van der Waals surface area contributed by atoms with E-state index in [2.05, 4.69) is 55.6 Å². The Balaban J connectivity index is 1.66. The molecule has 17 heavy (non-hydrogen) atoms. The lowest BCUT2D eigenvalue weighted by Gasteiger charge is -2.42. The number of hydrogen-bond acceptors (Lipinski definition) is 1. The first-order chi connectivity index (χ1) is 8.25. The van der Waals surface area contributed by atoms with E-state index >= 15 is 0 Å². The SMILES string of the molecule is Cc1ccccc1[C@H](C)NC1CC2CC=CC21. The van der Waals surface area contributed by atoms with Crippen LogP contribution in [0.1, 0.15) is 36.9 Å². The predicted molar refractivity (Wildman–Crippen MR) is 71.9 cm³/mol. The first kappa shape index (κ1) is 11.0. The summed E-state index contributed by atoms with van der Waals surface area (Å²) in [4.78, 5) is 0. The number of hydrogen-bond donors (Lipinski definition) is 1. The third-order valence-electron chi connectivity index (χ3n) is 4.48. The monoisotopic (exact) mass is 227 g/mol. The van der Waals surface area contributed by atoms with Gasteiger partial charge in [0, 0.05) is 12.1 Å². The molecule has 0 aliphatic heterocycles. The average Bonchev–Trinajstić information content (AvgIpc) is 2.68. The van der Waals surface area contributed by atoms with Gasteiger partial charge in [-0.15, -0.1) is 0 Å². The molecule has 1 fully saturated rings. The quantitative estimate of drug-likeness (QED) is 0.778. The Morgan fingerprint density at radius 3 is 2.88 bits per heavy atom. The normalized spacial score (nSPS) is 32.0. The van der Waals surface area contributed by atoms with Gasteiger partial charge in [0.15, 0.2) is 0 Å². The maximum Gasteiger partial charge on any atom is 0.0297 e. The van der Waals surface area contributed by atoms with Crippen LogP contribution >= 0.6 is 0 Å². The van der Waals surface area contributed by atoms with Gasteiger partial charge >= 0.3 is 0 Å². The lowest BCUT2D eigenvalue weighted by Crippen LogP contribution is -2.48. The highest BCUT2D eigenvalue weighted by Crippen LogP contribution is 2.43. The lowest BCUT2D eigenvalue weighted by atomic mass is 9.71. The second-order valence-corrected chi connectivity index (χ2v) is 5.59. The lowest BCUT2D eigenvalue weighted by molar-refractivity contribution is 0.152. The molecule has 0 spiro atoms. The topological polar surface area (TPSA) is 12.0 Å². The summed E-state index contributed by atoms with van der Waals surface area (Å²) in [6.45, 7) is 4.49. The molecule has 1 aromatic rings. The van der Waals surface area contributed by atoms with Gasteiger partial charge in [0.2, 0.25) is 0 Å². The summed E-state index contributed by atoms with van der Waals surface area (Å²) in [6, 6.07) is 9.87. The molecule has 2 aliphatic carbocycles. The molecule has 0 heterocycles. The first-order valence-corrected chi connectivity index (χ1v) is 6.74. The largest absolute Gasteiger partial charge is 0.307 e. The van der Waals surface area contributed by atoms with Crippen LogP contribution in [0.4, 0.5) is 0 Å². The van der Waals surface area contributed by atoms with Crippen LogP contribution in [0.5, 0.6) is 0 Å². The minimum atomic E-state index is 0.469. The number of allylic oxidation sites excluding steroid dienone is 1. The van der Waals surface area contributed by atoms with Gasteiger partial charge in [-0.25, -0.2) is 0 Å². The molecule has 0 amide bonds. The third-order valence-corrected chi connectivity index (χ3v) is 4.48. The fourth-order valence-electron chi connectivity index (χ4n) is 3.39. The average molecular weight is 227 g/mol. The summed E-state index contributed by atoms with van der Waals surface area (Å²) < 4.78 is 0. The van der Waals surface area contributed by atoms with E-state index in [0.717, 1.165) is 11.8 Å². The van der Waals surface area contributed by atoms with E-state index < -0.39 is 0 Å². The fourth-order valence-corrected chi connectivity index (χ4v) is 3.39. The Kier molecular flexibility index (Phi) is 2.79. The van der Waals surface area contributed by atoms with Crippen LogP contribution in [0.3, 0.4) is 0 Å². The molecule has 2 aliphatic rings. The number of benzene rings is 1. The highest BCUT2D eigenvalue weighted by atomic mass is 15.0. The number of aryl methyl sites for hydroxylation is 1. The van der Waals surface area contributed by atoms with E-state index in [1.54, 1.807) is 0 Å². The zero-order valence-corrected chi connectivity index (χ0v) is 10.7. The highest BCUT2D eigenvalue weighted by molar-refractivity contribution is 5.28. The molecule has 0 aromatic heterocycles. The van der Waals surface area contributed by atoms with Crippen molar-refractivity contribution in [2.75, 3.05) is 0 Å². The van der Waals surface area contributed by atoms with Gasteiger partial charge in [0.25, 0.3) is 0 Å². The molecule has 1 heteroatoms. The second kappa shape index (κ2) is 4.30. The van der Waals surface area contributed by atoms with Crippen LogP contribution in [0.2, 0.25) is 0 Å². The van der Waals surface area contributed by atoms with Crippen molar-refractivity contribution in [3.8, 4) is 0 Å². The molecule has 3 unspecified atom stereocenters. The molecule has 0 radical (unpaired) electrons. The maximum absolute atomic E-state index is 3.79. The van der Waals surface area contributed by atoms with Crippen LogP contribution in [0, 0.1) is 18.8 Å². The Morgan fingerprint density at radius 1 is 1.29 bits per heavy atom. The first-order valence-electron chi connectivity index (χ1n) is 6.74. The van der Waals surface area contributed by atoms with Gasteiger partial charge < -0.3 is 5.32 Å². The standard InChI is InChI=1S/C16H21N/c1-11-6-3-4-8-14(11)12(2)17-16-10-13-7-5-9-15(13)16/h3-6,8-9,12-13,15-17H,7,10H2,1-2H3/t12-,13?,15?,16?/m0/s1. The number of rotatable bonds is 3. The minimum Gasteiger partial charge on any atom is -0.307 e. The van der Waals surface area contributed by atoms with Crippen LogP contribution in [0.15, 0.2) is 36.4 Å². The van der Waals surface area contributed by atoms with E-state index in [-0.39, 0.29) is 0 Å². The van der Waals surface area contributed by atoms with Gasteiger partial charge in [0.1, 0.15) is 0 Å². The molecule has 1 N–H and O–H groups in total. The summed E-state index contributed by atoms with van der Waals surface area (Å²) in [5.41, 5.74) is 2.84. The van der Waals surface area contributed by atoms with E-state index in [1.165, 1.54) is 24.0 Å². The Morgan fingerprint density at radius 2 is 2.12 bits per heavy atom. The molecule has 0 bridgehead atoms. The molecule has 1 nitrogen and oxygen atoms in total. The van der Waals surface area contributed by atoms with Crippen molar-refractivity contribution in [1.82, 2.24) is 5.32 Å². The third kappa shape index (κ3) is 1.93. The van der Waals surface area contributed by atoms with Crippen LogP contribution in [0.25, 0.3) is 0 Å². The number of fused-ring (bicyclic) bond motifs is 1. The van der Waals surface area contributed by atoms with Crippen LogP contribution in [-0.2, 0) is 0 Å². The summed E-state index contributed by atoms with van der Waals surface area (Å²) in [5, 5.41) is 3.79. The Labute approximate surface area is 104 Å². The fraction of sp³-hybridized carbons (Fsp3) is 0.500. The van der Waals surface area contributed by atoms with Gasteiger partial charge in [-0.05, 0) is 49.7 Å². The maximum atomic E-state index is 3.79. The molecule has 3 rings (SSSR count). The Bertz CT molecular complexity index is 435. The predicted octanol–water partition coefficient (Wildman–Crippen LogP) is 3.61. The van der Waals surface area contributed by atoms with Gasteiger partial charge in [-0.2, -0.15) is 0 Å². The molecule has 4 atom stereocenters. The molecule has 0 saturated heterocycles. The van der Waals surface area contributed by atoms with Gasteiger partial charge in [-0.1, -0.05) is 36.4 Å². The van der Waals surface area contributed by atoms with E-state index in [1.807, 2.05) is 0 Å². The van der Waals surface area contributed by atoms with E-state index in [0.29, 0.717) is 12.1 Å². The molecular weight excluding hydrogens is 206 g/mol. The van der Waals surface area contributed by atoms with Gasteiger partial charge in [-0.3, -0.25) is 0 Å². The second-order valence-electron chi connectivity index (χ2n) is 5.59. The van der Waals surface area contributed by atoms with E-state index in [4.69, 9.17) is 0 Å². The van der Waals surface area contributed by atoms with Gasteiger partial charge in [0.05, 0.1) is 0 Å². The van der Waals surface area contributed by atoms with Crippen molar-refractivity contribution in [2.24, 2.45) is 11.8 Å². The van der Waals surface area contributed by atoms with Crippen LogP contribution < -0.4 is 5.32 Å². The van der Waals surface area contributed by atoms with Crippen molar-refractivity contribution in [1.29, 1.82) is 0 Å². The Hall–Kier alpha value is -1.08. The van der Waals surface area contributed by atoms with Crippen LogP contribution in [-0.4, -0.2) is 6.04 Å². The summed E-state index contributed by atoms with van der Waals surface area (Å²) in [6.07, 6.45) is 7.43. The van der Waals surface area contributed by atoms with Crippen molar-refractivity contribution < 1.29 is 0 Å². The van der Waals surface area contributed by atoms with E-state index in [9.17, 15) is 0 Å². The van der Waals surface area contributed by atoms with Crippen molar-refractivity contribution in [3.63, 3.8) is 0 Å². The highest BCUT2D eigenvalue weighted by Gasteiger charge is 2.41. The molecule has 90 valence electrons. The van der Waals surface area contributed by atoms with Crippen molar-refractivity contribution in [2.45, 2.75) is 38.8 Å². The molecule has 1 aromatic carbocycles. The summed E-state index contributed by atoms with van der Waals surface area (Å²) in [5.74, 6) is 1.75. The van der Waals surface area contributed by atoms with Crippen molar-refractivity contribution in [3.05, 3.63) is 47.5 Å². The smallest absolute Gasteiger partial charge is 0.0297 e. The zero-order valence-electron chi connectivity index (χ0n) is 10.7. The summed E-state index contributed by atoms with van der Waals surface area (Å²) >= 11 is 0. The molecule has 1 saturated carbocycles.